The van der Waals surface area contributed by atoms with Crippen LogP contribution in [0.15, 0.2) is 36.4 Å². The lowest BCUT2D eigenvalue weighted by Gasteiger charge is -2.10. The van der Waals surface area contributed by atoms with Crippen molar-refractivity contribution in [3.05, 3.63) is 63.5 Å². The fourth-order valence-corrected chi connectivity index (χ4v) is 1.93. The van der Waals surface area contributed by atoms with Gasteiger partial charge in [0.05, 0.1) is 4.92 Å². The Labute approximate surface area is 121 Å². The standard InChI is InChI=1S/C15H15FN2O3/c1-10-4-3-5-14(15(10)16)21-9-11-6-7-13(18(19)20)12(8-11)17-2/h3-8,17H,9H2,1-2H3. The molecule has 0 fully saturated rings. The van der Waals surface area contributed by atoms with Crippen LogP contribution >= 0.6 is 0 Å². The number of nitrogens with zero attached hydrogens (tertiary/aromatic N) is 1. The average molecular weight is 290 g/mol. The van der Waals surface area contributed by atoms with Crippen LogP contribution in [0.2, 0.25) is 0 Å². The minimum Gasteiger partial charge on any atom is -0.486 e. The predicted molar refractivity (Wildman–Crippen MR) is 78.1 cm³/mol. The van der Waals surface area contributed by atoms with Gasteiger partial charge in [-0.05, 0) is 36.2 Å². The third-order valence-electron chi connectivity index (χ3n) is 3.08. The van der Waals surface area contributed by atoms with Gasteiger partial charge in [0.1, 0.15) is 12.3 Å². The lowest BCUT2D eigenvalue weighted by molar-refractivity contribution is -0.384. The summed E-state index contributed by atoms with van der Waals surface area (Å²) in [5, 5.41) is 13.6. The van der Waals surface area contributed by atoms with Gasteiger partial charge in [-0.3, -0.25) is 10.1 Å². The Morgan fingerprint density at radius 3 is 2.76 bits per heavy atom. The maximum Gasteiger partial charge on any atom is 0.292 e. The highest BCUT2D eigenvalue weighted by atomic mass is 19.1. The summed E-state index contributed by atoms with van der Waals surface area (Å²) in [5.74, 6) is -0.229. The van der Waals surface area contributed by atoms with Gasteiger partial charge in [-0.2, -0.15) is 0 Å². The first-order chi connectivity index (χ1) is 10.0. The van der Waals surface area contributed by atoms with Crippen molar-refractivity contribution in [1.29, 1.82) is 0 Å². The maximum atomic E-state index is 13.8. The van der Waals surface area contributed by atoms with E-state index in [0.717, 1.165) is 0 Å². The number of nitrogens with one attached hydrogen (secondary N) is 1. The lowest BCUT2D eigenvalue weighted by atomic mass is 10.2. The molecule has 6 heteroatoms. The number of ether oxygens (including phenoxy) is 1. The number of hydrogen-bond donors (Lipinski definition) is 1. The Bertz CT molecular complexity index is 674. The number of anilines is 1. The molecule has 1 N–H and O–H groups in total. The van der Waals surface area contributed by atoms with E-state index < -0.39 is 10.7 Å². The van der Waals surface area contributed by atoms with E-state index in [0.29, 0.717) is 16.8 Å². The molecule has 0 saturated carbocycles. The highest BCUT2D eigenvalue weighted by molar-refractivity contribution is 5.62. The van der Waals surface area contributed by atoms with Crippen molar-refractivity contribution >= 4 is 11.4 Å². The molecular weight excluding hydrogens is 275 g/mol. The van der Waals surface area contributed by atoms with Crippen LogP contribution in [0, 0.1) is 22.9 Å². The summed E-state index contributed by atoms with van der Waals surface area (Å²) in [6, 6.07) is 9.53. The first kappa shape index (κ1) is 14.8. The molecule has 0 spiro atoms. The monoisotopic (exact) mass is 290 g/mol. The molecular formula is C15H15FN2O3. The van der Waals surface area contributed by atoms with Crippen molar-refractivity contribution in [3.63, 3.8) is 0 Å². The largest absolute Gasteiger partial charge is 0.486 e. The maximum absolute atomic E-state index is 13.8. The van der Waals surface area contributed by atoms with Crippen LogP contribution in [0.1, 0.15) is 11.1 Å². The van der Waals surface area contributed by atoms with Crippen molar-refractivity contribution in [3.8, 4) is 5.75 Å². The second-order valence-electron chi connectivity index (χ2n) is 4.53. The number of halogens is 1. The second-order valence-corrected chi connectivity index (χ2v) is 4.53. The van der Waals surface area contributed by atoms with E-state index in [4.69, 9.17) is 4.74 Å². The summed E-state index contributed by atoms with van der Waals surface area (Å²) >= 11 is 0. The number of aryl methyl sites for hydroxylation is 1. The number of nitro benzene ring substituents is 1. The van der Waals surface area contributed by atoms with Gasteiger partial charge in [0.2, 0.25) is 0 Å². The number of rotatable bonds is 5. The first-order valence-electron chi connectivity index (χ1n) is 6.36. The second kappa shape index (κ2) is 6.21. The van der Waals surface area contributed by atoms with E-state index in [1.165, 1.54) is 6.07 Å². The summed E-state index contributed by atoms with van der Waals surface area (Å²) in [5.41, 5.74) is 1.60. The highest BCUT2D eigenvalue weighted by Crippen LogP contribution is 2.26. The van der Waals surface area contributed by atoms with Gasteiger partial charge in [-0.1, -0.05) is 12.1 Å². The number of hydrogen-bond acceptors (Lipinski definition) is 4. The third-order valence-corrected chi connectivity index (χ3v) is 3.08. The van der Waals surface area contributed by atoms with E-state index in [2.05, 4.69) is 5.32 Å². The SMILES string of the molecule is CNc1cc(COc2cccc(C)c2F)ccc1[N+](=O)[O-]. The van der Waals surface area contributed by atoms with Crippen molar-refractivity contribution < 1.29 is 14.1 Å². The predicted octanol–water partition coefficient (Wildman–Crippen LogP) is 3.66. The van der Waals surface area contributed by atoms with Crippen LogP contribution in [0.3, 0.4) is 0 Å². The molecule has 0 aromatic heterocycles. The van der Waals surface area contributed by atoms with Crippen LogP contribution in [0.25, 0.3) is 0 Å². The molecule has 2 aromatic rings. The molecule has 0 unspecified atom stereocenters. The summed E-state index contributed by atoms with van der Waals surface area (Å²) in [6.07, 6.45) is 0. The van der Waals surface area contributed by atoms with E-state index >= 15 is 0 Å². The topological polar surface area (TPSA) is 64.4 Å². The summed E-state index contributed by atoms with van der Waals surface area (Å²) in [7, 11) is 1.60. The minimum absolute atomic E-state index is 0.0111. The first-order valence-corrected chi connectivity index (χ1v) is 6.36. The molecule has 0 aliphatic heterocycles. The van der Waals surface area contributed by atoms with Gasteiger partial charge in [0.15, 0.2) is 11.6 Å². The molecule has 5 nitrogen and oxygen atoms in total. The van der Waals surface area contributed by atoms with Crippen molar-refractivity contribution in [2.45, 2.75) is 13.5 Å². The van der Waals surface area contributed by atoms with Gasteiger partial charge in [-0.25, -0.2) is 4.39 Å². The zero-order valence-corrected chi connectivity index (χ0v) is 11.7. The normalized spacial score (nSPS) is 10.2. The minimum atomic E-state index is -0.462. The number of nitro groups is 1. The fraction of sp³-hybridized carbons (Fsp3) is 0.200. The number of benzene rings is 2. The molecule has 0 atom stereocenters. The zero-order chi connectivity index (χ0) is 15.4. The zero-order valence-electron chi connectivity index (χ0n) is 11.7. The average Bonchev–Trinajstić information content (AvgIpc) is 2.48. The molecule has 0 aliphatic carbocycles. The Morgan fingerprint density at radius 1 is 1.33 bits per heavy atom. The Morgan fingerprint density at radius 2 is 2.10 bits per heavy atom. The lowest BCUT2D eigenvalue weighted by Crippen LogP contribution is -2.01. The molecule has 0 amide bonds. The van der Waals surface area contributed by atoms with Gasteiger partial charge in [-0.15, -0.1) is 0 Å². The molecule has 0 saturated heterocycles. The van der Waals surface area contributed by atoms with Crippen LogP contribution in [0.4, 0.5) is 15.8 Å². The molecule has 21 heavy (non-hydrogen) atoms. The van der Waals surface area contributed by atoms with E-state index in [9.17, 15) is 14.5 Å². The molecule has 0 bridgehead atoms. The summed E-state index contributed by atoms with van der Waals surface area (Å²) < 4.78 is 19.2. The Kier molecular flexibility index (Phi) is 4.37. The van der Waals surface area contributed by atoms with Crippen molar-refractivity contribution in [1.82, 2.24) is 0 Å². The molecule has 2 aromatic carbocycles. The van der Waals surface area contributed by atoms with Crippen LogP contribution in [-0.2, 0) is 6.61 Å². The smallest absolute Gasteiger partial charge is 0.292 e. The van der Waals surface area contributed by atoms with Crippen LogP contribution in [0.5, 0.6) is 5.75 Å². The summed E-state index contributed by atoms with van der Waals surface area (Å²) in [6.45, 7) is 1.79. The fourth-order valence-electron chi connectivity index (χ4n) is 1.93. The van der Waals surface area contributed by atoms with Gasteiger partial charge in [0, 0.05) is 13.1 Å². The summed E-state index contributed by atoms with van der Waals surface area (Å²) in [4.78, 5) is 10.4. The van der Waals surface area contributed by atoms with Crippen molar-refractivity contribution in [2.24, 2.45) is 0 Å². The third kappa shape index (κ3) is 3.28. The van der Waals surface area contributed by atoms with Crippen LogP contribution < -0.4 is 10.1 Å². The van der Waals surface area contributed by atoms with Crippen molar-refractivity contribution in [2.75, 3.05) is 12.4 Å². The molecule has 110 valence electrons. The Balaban J connectivity index is 2.17. The van der Waals surface area contributed by atoms with Gasteiger partial charge < -0.3 is 10.1 Å². The van der Waals surface area contributed by atoms with Gasteiger partial charge in [0.25, 0.3) is 5.69 Å². The quantitative estimate of drug-likeness (QED) is 0.674. The highest BCUT2D eigenvalue weighted by Gasteiger charge is 2.13. The molecule has 2 rings (SSSR count). The molecule has 0 radical (unpaired) electrons. The van der Waals surface area contributed by atoms with E-state index in [1.54, 1.807) is 44.3 Å². The Hall–Kier alpha value is -2.63. The van der Waals surface area contributed by atoms with Crippen LogP contribution in [-0.4, -0.2) is 12.0 Å². The molecule has 0 aliphatic rings. The van der Waals surface area contributed by atoms with E-state index in [1.807, 2.05) is 0 Å². The van der Waals surface area contributed by atoms with Gasteiger partial charge >= 0.3 is 0 Å². The van der Waals surface area contributed by atoms with E-state index in [-0.39, 0.29) is 18.0 Å². The molecule has 0 heterocycles.